The minimum atomic E-state index is -0.111. The van der Waals surface area contributed by atoms with Gasteiger partial charge < -0.3 is 10.6 Å². The van der Waals surface area contributed by atoms with Crippen LogP contribution in [0.1, 0.15) is 59.6 Å². The topological polar surface area (TPSA) is 73.0 Å². The summed E-state index contributed by atoms with van der Waals surface area (Å²) in [6.07, 6.45) is 3.34. The number of hydrogen-bond donors (Lipinski definition) is 3. The van der Waals surface area contributed by atoms with Crippen LogP contribution < -0.4 is 10.6 Å². The van der Waals surface area contributed by atoms with Gasteiger partial charge in [-0.3, -0.25) is 14.8 Å². The molecule has 1 aliphatic heterocycles. The summed E-state index contributed by atoms with van der Waals surface area (Å²) in [5, 5.41) is 13.5. The zero-order chi connectivity index (χ0) is 19.1. The Labute approximate surface area is 161 Å². The van der Waals surface area contributed by atoms with Crippen LogP contribution in [0.15, 0.2) is 24.3 Å². The van der Waals surface area contributed by atoms with Crippen LogP contribution in [-0.2, 0) is 26.1 Å². The molecule has 1 aromatic heterocycles. The maximum absolute atomic E-state index is 12.5. The molecule has 0 saturated carbocycles. The Balaban J connectivity index is 1.58. The summed E-state index contributed by atoms with van der Waals surface area (Å²) in [4.78, 5) is 15.0. The van der Waals surface area contributed by atoms with Gasteiger partial charge in [-0.1, -0.05) is 44.5 Å². The van der Waals surface area contributed by atoms with E-state index in [0.29, 0.717) is 18.8 Å². The van der Waals surface area contributed by atoms with E-state index in [1.165, 1.54) is 18.4 Å². The fraction of sp³-hybridized carbons (Fsp3) is 0.524. The first-order chi connectivity index (χ1) is 13.2. The summed E-state index contributed by atoms with van der Waals surface area (Å²) in [6, 6.07) is 8.49. The molecular weight excluding hydrogens is 338 g/mol. The second kappa shape index (κ2) is 9.67. The molecule has 0 saturated heterocycles. The average molecular weight is 370 g/mol. The van der Waals surface area contributed by atoms with E-state index in [0.717, 1.165) is 49.4 Å². The zero-order valence-corrected chi connectivity index (χ0v) is 16.5. The monoisotopic (exact) mass is 369 g/mol. The number of nitrogens with zero attached hydrogens (tertiary/aromatic N) is 2. The highest BCUT2D eigenvalue weighted by Crippen LogP contribution is 2.15. The van der Waals surface area contributed by atoms with Crippen LogP contribution in [0.25, 0.3) is 0 Å². The minimum Gasteiger partial charge on any atom is -0.347 e. The molecule has 6 heteroatoms. The number of amides is 1. The van der Waals surface area contributed by atoms with Gasteiger partial charge >= 0.3 is 0 Å². The van der Waals surface area contributed by atoms with Crippen LogP contribution in [0.3, 0.4) is 0 Å². The maximum atomic E-state index is 12.5. The quantitative estimate of drug-likeness (QED) is 0.635. The van der Waals surface area contributed by atoms with Crippen molar-refractivity contribution >= 4 is 5.91 Å². The Bertz CT molecular complexity index is 755. The number of nitrogens with one attached hydrogen (secondary N) is 3. The van der Waals surface area contributed by atoms with Gasteiger partial charge in [-0.15, -0.1) is 0 Å². The van der Waals surface area contributed by atoms with Gasteiger partial charge in [-0.2, -0.15) is 5.10 Å². The average Bonchev–Trinajstić information content (AvgIpc) is 3.14. The molecule has 0 fully saturated rings. The Morgan fingerprint density at radius 2 is 2.15 bits per heavy atom. The highest BCUT2D eigenvalue weighted by atomic mass is 16.1. The lowest BCUT2D eigenvalue weighted by Gasteiger charge is -2.20. The highest BCUT2D eigenvalue weighted by Gasteiger charge is 2.21. The van der Waals surface area contributed by atoms with E-state index in [4.69, 9.17) is 0 Å². The first kappa shape index (κ1) is 19.6. The van der Waals surface area contributed by atoms with Crippen molar-refractivity contribution < 1.29 is 4.79 Å². The standard InChI is InChI=1S/C21H31N5O/c1-3-5-11-26(4-2)15-17-8-6-7-16(12-17)13-23-21(27)20-18-14-22-10-9-19(18)24-25-20/h6-8,12,22H,3-5,9-11,13-15H2,1-2H3,(H,23,27)(H,24,25). The van der Waals surface area contributed by atoms with Crippen LogP contribution in [-0.4, -0.2) is 40.6 Å². The lowest BCUT2D eigenvalue weighted by Crippen LogP contribution is -2.28. The Morgan fingerprint density at radius 3 is 2.96 bits per heavy atom. The number of H-pyrrole nitrogens is 1. The Hall–Kier alpha value is -2.18. The fourth-order valence-electron chi connectivity index (χ4n) is 3.51. The lowest BCUT2D eigenvalue weighted by atomic mass is 10.1. The molecule has 0 radical (unpaired) electrons. The third-order valence-electron chi connectivity index (χ3n) is 5.15. The third kappa shape index (κ3) is 5.17. The van der Waals surface area contributed by atoms with Crippen LogP contribution in [0.5, 0.6) is 0 Å². The van der Waals surface area contributed by atoms with Gasteiger partial charge in [0.2, 0.25) is 0 Å². The number of rotatable bonds is 9. The van der Waals surface area contributed by atoms with Crippen LogP contribution in [0.2, 0.25) is 0 Å². The van der Waals surface area contributed by atoms with Crippen molar-refractivity contribution in [2.24, 2.45) is 0 Å². The van der Waals surface area contributed by atoms with E-state index in [9.17, 15) is 4.79 Å². The second-order valence-electron chi connectivity index (χ2n) is 7.18. The van der Waals surface area contributed by atoms with Gasteiger partial charge in [-0.25, -0.2) is 0 Å². The van der Waals surface area contributed by atoms with Crippen molar-refractivity contribution in [2.75, 3.05) is 19.6 Å². The molecule has 0 spiro atoms. The molecule has 1 aromatic carbocycles. The molecule has 3 rings (SSSR count). The first-order valence-electron chi connectivity index (χ1n) is 10.1. The Kier molecular flexibility index (Phi) is 7.01. The molecule has 0 atom stereocenters. The molecule has 0 bridgehead atoms. The fourth-order valence-corrected chi connectivity index (χ4v) is 3.51. The van der Waals surface area contributed by atoms with Gasteiger partial charge in [-0.05, 0) is 30.6 Å². The number of carbonyl (C=O) groups excluding carboxylic acids is 1. The van der Waals surface area contributed by atoms with Crippen molar-refractivity contribution in [3.05, 3.63) is 52.3 Å². The number of aromatic amines is 1. The van der Waals surface area contributed by atoms with E-state index in [2.05, 4.69) is 63.8 Å². The van der Waals surface area contributed by atoms with E-state index < -0.39 is 0 Å². The van der Waals surface area contributed by atoms with Gasteiger partial charge in [0, 0.05) is 43.9 Å². The van der Waals surface area contributed by atoms with Gasteiger partial charge in [0.1, 0.15) is 0 Å². The maximum Gasteiger partial charge on any atom is 0.272 e. The normalized spacial score (nSPS) is 13.6. The van der Waals surface area contributed by atoms with Gasteiger partial charge in [0.05, 0.1) is 0 Å². The van der Waals surface area contributed by atoms with Crippen LogP contribution in [0, 0.1) is 0 Å². The molecule has 1 aliphatic rings. The summed E-state index contributed by atoms with van der Waals surface area (Å²) in [7, 11) is 0. The number of unbranched alkanes of at least 4 members (excludes halogenated alkanes) is 1. The number of aromatic nitrogens is 2. The molecule has 3 N–H and O–H groups in total. The van der Waals surface area contributed by atoms with Gasteiger partial charge in [0.25, 0.3) is 5.91 Å². The largest absolute Gasteiger partial charge is 0.347 e. The second-order valence-corrected chi connectivity index (χ2v) is 7.18. The number of benzene rings is 1. The first-order valence-corrected chi connectivity index (χ1v) is 10.1. The molecule has 2 aromatic rings. The molecule has 1 amide bonds. The third-order valence-corrected chi connectivity index (χ3v) is 5.15. The molecule has 146 valence electrons. The molecular formula is C21H31N5O. The Morgan fingerprint density at radius 1 is 1.30 bits per heavy atom. The smallest absolute Gasteiger partial charge is 0.272 e. The summed E-state index contributed by atoms with van der Waals surface area (Å²) >= 11 is 0. The predicted octanol–water partition coefficient (Wildman–Crippen LogP) is 2.61. The van der Waals surface area contributed by atoms with Crippen LogP contribution in [0.4, 0.5) is 0 Å². The minimum absolute atomic E-state index is 0.111. The van der Waals surface area contributed by atoms with E-state index >= 15 is 0 Å². The highest BCUT2D eigenvalue weighted by molar-refractivity contribution is 5.94. The van der Waals surface area contributed by atoms with E-state index in [-0.39, 0.29) is 5.91 Å². The van der Waals surface area contributed by atoms with Crippen LogP contribution >= 0.6 is 0 Å². The lowest BCUT2D eigenvalue weighted by molar-refractivity contribution is 0.0944. The van der Waals surface area contributed by atoms with E-state index in [1.807, 2.05) is 0 Å². The van der Waals surface area contributed by atoms with Crippen molar-refractivity contribution in [1.29, 1.82) is 0 Å². The summed E-state index contributed by atoms with van der Waals surface area (Å²) in [5.74, 6) is -0.111. The number of carbonyl (C=O) groups is 1. The van der Waals surface area contributed by atoms with Crippen molar-refractivity contribution in [1.82, 2.24) is 25.7 Å². The van der Waals surface area contributed by atoms with Crippen molar-refractivity contribution in [3.8, 4) is 0 Å². The van der Waals surface area contributed by atoms with Crippen molar-refractivity contribution in [3.63, 3.8) is 0 Å². The van der Waals surface area contributed by atoms with Crippen molar-refractivity contribution in [2.45, 2.75) is 52.7 Å². The summed E-state index contributed by atoms with van der Waals surface area (Å²) < 4.78 is 0. The molecule has 0 unspecified atom stereocenters. The summed E-state index contributed by atoms with van der Waals surface area (Å²) in [6.45, 7) is 9.72. The predicted molar refractivity (Wildman–Crippen MR) is 107 cm³/mol. The summed E-state index contributed by atoms with van der Waals surface area (Å²) in [5.41, 5.74) is 5.01. The number of fused-ring (bicyclic) bond motifs is 1. The molecule has 2 heterocycles. The van der Waals surface area contributed by atoms with E-state index in [1.54, 1.807) is 0 Å². The molecule has 6 nitrogen and oxygen atoms in total. The molecule has 0 aliphatic carbocycles. The van der Waals surface area contributed by atoms with Gasteiger partial charge in [0.15, 0.2) is 5.69 Å². The SMILES string of the molecule is CCCCN(CC)Cc1cccc(CNC(=O)c2n[nH]c3c2CNCC3)c1. The zero-order valence-electron chi connectivity index (χ0n) is 16.5. The molecule has 27 heavy (non-hydrogen) atoms. The number of hydrogen-bond acceptors (Lipinski definition) is 4.